The van der Waals surface area contributed by atoms with Gasteiger partial charge in [0.2, 0.25) is 5.91 Å². The lowest BCUT2D eigenvalue weighted by Gasteiger charge is -2.27. The minimum absolute atomic E-state index is 0. The first-order valence-corrected chi connectivity index (χ1v) is 7.60. The van der Waals surface area contributed by atoms with Crippen molar-refractivity contribution >= 4 is 35.8 Å². The number of guanidine groups is 1. The summed E-state index contributed by atoms with van der Waals surface area (Å²) in [6, 6.07) is 0.354. The number of likely N-dealkylation sites (tertiary alicyclic amines) is 1. The molecule has 2 aliphatic rings. The maximum Gasteiger partial charge on any atom is 0.242 e. The van der Waals surface area contributed by atoms with Gasteiger partial charge in [-0.2, -0.15) is 0 Å². The van der Waals surface area contributed by atoms with Crippen molar-refractivity contribution in [3.05, 3.63) is 0 Å². The van der Waals surface area contributed by atoms with E-state index < -0.39 is 0 Å². The Morgan fingerprint density at radius 1 is 1.10 bits per heavy atom. The average molecular weight is 394 g/mol. The van der Waals surface area contributed by atoms with Gasteiger partial charge in [0, 0.05) is 19.1 Å². The second-order valence-corrected chi connectivity index (χ2v) is 5.62. The molecule has 20 heavy (non-hydrogen) atoms. The molecule has 0 aromatic heterocycles. The largest absolute Gasteiger partial charge is 0.370 e. The smallest absolute Gasteiger partial charge is 0.242 e. The van der Waals surface area contributed by atoms with E-state index in [1.807, 2.05) is 0 Å². The highest BCUT2D eigenvalue weighted by atomic mass is 127. The van der Waals surface area contributed by atoms with Gasteiger partial charge >= 0.3 is 0 Å². The highest BCUT2D eigenvalue weighted by Gasteiger charge is 2.16. The van der Waals surface area contributed by atoms with Gasteiger partial charge in [0.25, 0.3) is 0 Å². The molecule has 0 spiro atoms. The lowest BCUT2D eigenvalue weighted by atomic mass is 9.95. The van der Waals surface area contributed by atoms with Crippen LogP contribution in [0.4, 0.5) is 0 Å². The summed E-state index contributed by atoms with van der Waals surface area (Å²) in [5.74, 6) is 0.533. The number of carbonyl (C=O) groups excluding carboxylic acids is 1. The third-order valence-electron chi connectivity index (χ3n) is 4.04. The predicted molar refractivity (Wildman–Crippen MR) is 92.3 cm³/mol. The Balaban J connectivity index is 0.00000200. The second kappa shape index (κ2) is 9.41. The van der Waals surface area contributed by atoms with E-state index in [0.29, 0.717) is 12.0 Å². The lowest BCUT2D eigenvalue weighted by Crippen LogP contribution is -2.42. The molecule has 1 heterocycles. The van der Waals surface area contributed by atoms with Gasteiger partial charge < -0.3 is 16.0 Å². The molecule has 1 amide bonds. The van der Waals surface area contributed by atoms with Gasteiger partial charge in [-0.15, -0.1) is 24.0 Å². The van der Waals surface area contributed by atoms with E-state index in [2.05, 4.69) is 15.2 Å². The third kappa shape index (κ3) is 5.85. The first kappa shape index (κ1) is 17.5. The molecule has 1 saturated heterocycles. The first-order valence-electron chi connectivity index (χ1n) is 7.60. The molecule has 0 atom stereocenters. The number of halogens is 1. The summed E-state index contributed by atoms with van der Waals surface area (Å²) in [6.07, 6.45) is 9.58. The molecule has 6 heteroatoms. The highest BCUT2D eigenvalue weighted by Crippen LogP contribution is 2.17. The van der Waals surface area contributed by atoms with Crippen molar-refractivity contribution in [3.8, 4) is 0 Å². The van der Waals surface area contributed by atoms with Crippen LogP contribution in [0.15, 0.2) is 4.99 Å². The van der Waals surface area contributed by atoms with E-state index in [4.69, 9.17) is 5.73 Å². The minimum Gasteiger partial charge on any atom is -0.370 e. The van der Waals surface area contributed by atoms with Crippen molar-refractivity contribution in [1.82, 2.24) is 10.2 Å². The Morgan fingerprint density at radius 2 is 1.70 bits per heavy atom. The van der Waals surface area contributed by atoms with Crippen LogP contribution in [0.5, 0.6) is 0 Å². The van der Waals surface area contributed by atoms with Crippen molar-refractivity contribution in [3.63, 3.8) is 0 Å². The number of piperidine rings is 1. The molecule has 0 unspecified atom stereocenters. The summed E-state index contributed by atoms with van der Waals surface area (Å²) < 4.78 is 0. The summed E-state index contributed by atoms with van der Waals surface area (Å²) in [5, 5.41) is 3.06. The molecule has 0 aromatic rings. The van der Waals surface area contributed by atoms with Gasteiger partial charge in [-0.25, -0.2) is 4.99 Å². The SMILES string of the molecule is I.NC(=NCC(=O)NC1CCCCC1)N1CCCCC1. The zero-order chi connectivity index (χ0) is 13.5. The molecule has 2 rings (SSSR count). The Bertz CT molecular complexity index is 323. The Morgan fingerprint density at radius 3 is 2.35 bits per heavy atom. The third-order valence-corrected chi connectivity index (χ3v) is 4.04. The Labute approximate surface area is 138 Å². The molecule has 0 bridgehead atoms. The fourth-order valence-corrected chi connectivity index (χ4v) is 2.90. The zero-order valence-corrected chi connectivity index (χ0v) is 14.5. The zero-order valence-electron chi connectivity index (χ0n) is 12.1. The number of carbonyl (C=O) groups is 1. The van der Waals surface area contributed by atoms with E-state index in [1.165, 1.54) is 38.5 Å². The Kier molecular flexibility index (Phi) is 8.25. The average Bonchev–Trinajstić information content (AvgIpc) is 2.47. The number of rotatable bonds is 3. The van der Waals surface area contributed by atoms with Crippen molar-refractivity contribution in [1.29, 1.82) is 0 Å². The summed E-state index contributed by atoms with van der Waals surface area (Å²) >= 11 is 0. The number of hydrogen-bond donors (Lipinski definition) is 2. The monoisotopic (exact) mass is 394 g/mol. The van der Waals surface area contributed by atoms with E-state index in [1.54, 1.807) is 0 Å². The number of hydrogen-bond acceptors (Lipinski definition) is 2. The van der Waals surface area contributed by atoms with Gasteiger partial charge in [0.15, 0.2) is 5.96 Å². The molecule has 3 N–H and O–H groups in total. The molecular weight excluding hydrogens is 367 g/mol. The molecule has 2 fully saturated rings. The summed E-state index contributed by atoms with van der Waals surface area (Å²) in [6.45, 7) is 2.11. The molecule has 116 valence electrons. The van der Waals surface area contributed by atoms with Gasteiger partial charge in [-0.1, -0.05) is 19.3 Å². The molecule has 0 radical (unpaired) electrons. The van der Waals surface area contributed by atoms with Gasteiger partial charge in [0.05, 0.1) is 0 Å². The van der Waals surface area contributed by atoms with Crippen LogP contribution in [-0.2, 0) is 4.79 Å². The van der Waals surface area contributed by atoms with Crippen LogP contribution in [0.25, 0.3) is 0 Å². The topological polar surface area (TPSA) is 70.7 Å². The number of aliphatic imine (C=N–C) groups is 1. The molecule has 1 aliphatic carbocycles. The van der Waals surface area contributed by atoms with Crippen LogP contribution >= 0.6 is 24.0 Å². The van der Waals surface area contributed by atoms with Crippen LogP contribution in [0.3, 0.4) is 0 Å². The maximum absolute atomic E-state index is 11.8. The standard InChI is InChI=1S/C14H26N4O.HI/c15-14(18-9-5-2-6-10-18)16-11-13(19)17-12-7-3-1-4-8-12;/h12H,1-11H2,(H2,15,16)(H,17,19);1H. The van der Waals surface area contributed by atoms with Crippen LogP contribution in [0.1, 0.15) is 51.4 Å². The van der Waals surface area contributed by atoms with Crippen LogP contribution in [0.2, 0.25) is 0 Å². The second-order valence-electron chi connectivity index (χ2n) is 5.62. The molecular formula is C14H27IN4O. The summed E-state index contributed by atoms with van der Waals surface area (Å²) in [4.78, 5) is 18.1. The number of nitrogens with one attached hydrogen (secondary N) is 1. The molecule has 5 nitrogen and oxygen atoms in total. The van der Waals surface area contributed by atoms with Gasteiger partial charge in [-0.05, 0) is 32.1 Å². The Hall–Kier alpha value is -0.530. The maximum atomic E-state index is 11.8. The lowest BCUT2D eigenvalue weighted by molar-refractivity contribution is -0.120. The number of amides is 1. The van der Waals surface area contributed by atoms with Crippen molar-refractivity contribution in [2.75, 3.05) is 19.6 Å². The fraction of sp³-hybridized carbons (Fsp3) is 0.857. The quantitative estimate of drug-likeness (QED) is 0.436. The first-order chi connectivity index (χ1) is 9.25. The van der Waals surface area contributed by atoms with Gasteiger partial charge in [-0.3, -0.25) is 4.79 Å². The molecule has 0 aromatic carbocycles. The summed E-state index contributed by atoms with van der Waals surface area (Å²) in [7, 11) is 0. The summed E-state index contributed by atoms with van der Waals surface area (Å²) in [5.41, 5.74) is 5.93. The van der Waals surface area contributed by atoms with Crippen LogP contribution in [-0.4, -0.2) is 42.4 Å². The van der Waals surface area contributed by atoms with Crippen molar-refractivity contribution < 1.29 is 4.79 Å². The van der Waals surface area contributed by atoms with Crippen LogP contribution in [0, 0.1) is 0 Å². The van der Waals surface area contributed by atoms with Crippen LogP contribution < -0.4 is 11.1 Å². The normalized spacial score (nSPS) is 21.2. The number of nitrogens with two attached hydrogens (primary N) is 1. The van der Waals surface area contributed by atoms with E-state index in [0.717, 1.165) is 25.9 Å². The fourth-order valence-electron chi connectivity index (χ4n) is 2.90. The van der Waals surface area contributed by atoms with Crippen molar-refractivity contribution in [2.24, 2.45) is 10.7 Å². The molecule has 1 saturated carbocycles. The van der Waals surface area contributed by atoms with E-state index >= 15 is 0 Å². The van der Waals surface area contributed by atoms with E-state index in [9.17, 15) is 4.79 Å². The highest BCUT2D eigenvalue weighted by molar-refractivity contribution is 14.0. The van der Waals surface area contributed by atoms with E-state index in [-0.39, 0.29) is 36.4 Å². The van der Waals surface area contributed by atoms with Gasteiger partial charge in [0.1, 0.15) is 6.54 Å². The predicted octanol–water partition coefficient (Wildman–Crippen LogP) is 1.85. The minimum atomic E-state index is 0. The number of nitrogens with zero attached hydrogens (tertiary/aromatic N) is 2. The van der Waals surface area contributed by atoms with Crippen molar-refractivity contribution in [2.45, 2.75) is 57.4 Å². The molecule has 1 aliphatic heterocycles.